The smallest absolute Gasteiger partial charge is 0.416 e. The number of piperidine rings is 1. The second-order valence-electron chi connectivity index (χ2n) is 9.73. The van der Waals surface area contributed by atoms with E-state index in [0.717, 1.165) is 52.9 Å². The molecule has 0 amide bonds. The summed E-state index contributed by atoms with van der Waals surface area (Å²) in [5.41, 5.74) is 3.27. The van der Waals surface area contributed by atoms with Crippen LogP contribution in [-0.2, 0) is 12.7 Å². The monoisotopic (exact) mass is 569 g/mol. The van der Waals surface area contributed by atoms with Crippen LogP contribution in [0.4, 0.5) is 24.5 Å². The molecule has 1 aromatic heterocycles. The molecular weight excluding hydrogens is 543 g/mol. The van der Waals surface area contributed by atoms with Crippen LogP contribution in [0.25, 0.3) is 22.0 Å². The number of aromatic hydroxyl groups is 1. The fourth-order valence-electron chi connectivity index (χ4n) is 5.00. The van der Waals surface area contributed by atoms with Gasteiger partial charge in [-0.15, -0.1) is 0 Å². The molecule has 1 aliphatic rings. The zero-order valence-corrected chi connectivity index (χ0v) is 21.9. The number of rotatable bonds is 5. The highest BCUT2D eigenvalue weighted by Crippen LogP contribution is 2.39. The van der Waals surface area contributed by atoms with Gasteiger partial charge in [0.1, 0.15) is 5.75 Å². The van der Waals surface area contributed by atoms with E-state index in [2.05, 4.69) is 38.1 Å². The first-order valence-corrected chi connectivity index (χ1v) is 13.0. The van der Waals surface area contributed by atoms with Crippen LogP contribution in [0.3, 0.4) is 0 Å². The lowest BCUT2D eigenvalue weighted by atomic mass is 9.97. The van der Waals surface area contributed by atoms with Crippen molar-refractivity contribution in [1.29, 1.82) is 0 Å². The number of fused-ring (bicyclic) bond motifs is 1. The zero-order chi connectivity index (χ0) is 26.2. The number of hydrogen-bond acceptors (Lipinski definition) is 4. The lowest BCUT2D eigenvalue weighted by Gasteiger charge is -2.31. The van der Waals surface area contributed by atoms with Gasteiger partial charge < -0.3 is 10.4 Å². The summed E-state index contributed by atoms with van der Waals surface area (Å²) in [6.45, 7) is 4.81. The van der Waals surface area contributed by atoms with Crippen molar-refractivity contribution >= 4 is 38.2 Å². The Morgan fingerprint density at radius 1 is 1.08 bits per heavy atom. The molecule has 1 fully saturated rings. The molecule has 1 atom stereocenters. The molecular formula is C29H27BrF3N3O. The van der Waals surface area contributed by atoms with Crippen LogP contribution in [0, 0.1) is 5.92 Å². The molecule has 0 aliphatic carbocycles. The van der Waals surface area contributed by atoms with Crippen molar-refractivity contribution in [2.75, 3.05) is 18.4 Å². The average Bonchev–Trinajstić information content (AvgIpc) is 2.86. The minimum absolute atomic E-state index is 0.237. The first kappa shape index (κ1) is 25.5. The summed E-state index contributed by atoms with van der Waals surface area (Å²) in [6, 6.07) is 16.9. The van der Waals surface area contributed by atoms with E-state index < -0.39 is 11.7 Å². The third-order valence-corrected chi connectivity index (χ3v) is 7.36. The summed E-state index contributed by atoms with van der Waals surface area (Å²) in [5, 5.41) is 15.3. The molecule has 1 unspecified atom stereocenters. The SMILES string of the molecule is CC1CCCN(Cc2cc(Nc3ccnc4cc(C(F)(F)F)ccc34)cc(-c3ccc(Br)cc3)c2O)C1. The van der Waals surface area contributed by atoms with Crippen molar-refractivity contribution in [1.82, 2.24) is 9.88 Å². The van der Waals surface area contributed by atoms with E-state index in [1.165, 1.54) is 18.7 Å². The molecule has 192 valence electrons. The molecule has 3 aromatic carbocycles. The van der Waals surface area contributed by atoms with Crippen molar-refractivity contribution in [2.24, 2.45) is 5.92 Å². The minimum atomic E-state index is -4.43. The van der Waals surface area contributed by atoms with Crippen molar-refractivity contribution in [3.63, 3.8) is 0 Å². The molecule has 4 aromatic rings. The number of benzene rings is 3. The van der Waals surface area contributed by atoms with Gasteiger partial charge in [-0.05, 0) is 73.3 Å². The number of aromatic nitrogens is 1. The summed E-state index contributed by atoms with van der Waals surface area (Å²) in [4.78, 5) is 6.52. The standard InChI is InChI=1S/C29H27BrF3N3O/c1-18-3-2-12-36(16-18)17-20-13-23(15-25(28(20)37)19-4-7-22(30)8-5-19)35-26-10-11-34-27-14-21(29(31,32)33)6-9-24(26)27/h4-11,13-15,18,37H,2-3,12,16-17H2,1H3,(H,34,35). The van der Waals surface area contributed by atoms with Gasteiger partial charge in [0.05, 0.1) is 11.1 Å². The van der Waals surface area contributed by atoms with E-state index in [1.807, 2.05) is 36.4 Å². The Morgan fingerprint density at radius 2 is 1.86 bits per heavy atom. The molecule has 1 aliphatic heterocycles. The Balaban J connectivity index is 1.55. The van der Waals surface area contributed by atoms with Crippen LogP contribution < -0.4 is 5.32 Å². The highest BCUT2D eigenvalue weighted by atomic mass is 79.9. The van der Waals surface area contributed by atoms with Crippen LogP contribution in [0.5, 0.6) is 5.75 Å². The normalized spacial score (nSPS) is 16.7. The number of nitrogens with one attached hydrogen (secondary N) is 1. The van der Waals surface area contributed by atoms with E-state index in [1.54, 1.807) is 6.07 Å². The number of halogens is 4. The summed E-state index contributed by atoms with van der Waals surface area (Å²) in [5.74, 6) is 0.841. The van der Waals surface area contributed by atoms with Gasteiger partial charge in [0.15, 0.2) is 0 Å². The maximum atomic E-state index is 13.2. The van der Waals surface area contributed by atoms with Gasteiger partial charge in [-0.25, -0.2) is 0 Å². The molecule has 2 heterocycles. The van der Waals surface area contributed by atoms with Crippen molar-refractivity contribution in [3.05, 3.63) is 82.5 Å². The van der Waals surface area contributed by atoms with E-state index in [-0.39, 0.29) is 11.3 Å². The fraction of sp³-hybridized carbons (Fsp3) is 0.276. The molecule has 8 heteroatoms. The summed E-state index contributed by atoms with van der Waals surface area (Å²) in [7, 11) is 0. The Labute approximate surface area is 222 Å². The van der Waals surface area contributed by atoms with Crippen molar-refractivity contribution in [2.45, 2.75) is 32.5 Å². The highest BCUT2D eigenvalue weighted by molar-refractivity contribution is 9.10. The van der Waals surface area contributed by atoms with E-state index >= 15 is 0 Å². The number of anilines is 2. The van der Waals surface area contributed by atoms with Gasteiger partial charge >= 0.3 is 6.18 Å². The zero-order valence-electron chi connectivity index (χ0n) is 20.3. The second kappa shape index (κ2) is 10.3. The number of alkyl halides is 3. The predicted molar refractivity (Wildman–Crippen MR) is 145 cm³/mol. The number of phenols is 1. The van der Waals surface area contributed by atoms with Gasteiger partial charge in [0.25, 0.3) is 0 Å². The summed E-state index contributed by atoms with van der Waals surface area (Å²) in [6.07, 6.45) is -0.602. The number of phenolic OH excluding ortho intramolecular Hbond substituents is 1. The lowest BCUT2D eigenvalue weighted by Crippen LogP contribution is -2.33. The van der Waals surface area contributed by atoms with Crippen molar-refractivity contribution in [3.8, 4) is 16.9 Å². The number of hydrogen-bond donors (Lipinski definition) is 2. The molecule has 37 heavy (non-hydrogen) atoms. The Bertz CT molecular complexity index is 1420. The van der Waals surface area contributed by atoms with Crippen molar-refractivity contribution < 1.29 is 18.3 Å². The minimum Gasteiger partial charge on any atom is -0.507 e. The molecule has 0 bridgehead atoms. The quantitative estimate of drug-likeness (QED) is 0.237. The topological polar surface area (TPSA) is 48.4 Å². The van der Waals surface area contributed by atoms with E-state index in [9.17, 15) is 18.3 Å². The van der Waals surface area contributed by atoms with Crippen LogP contribution in [0.2, 0.25) is 0 Å². The maximum absolute atomic E-state index is 13.2. The maximum Gasteiger partial charge on any atom is 0.416 e. The molecule has 1 saturated heterocycles. The number of likely N-dealkylation sites (tertiary alicyclic amines) is 1. The van der Waals surface area contributed by atoms with E-state index in [0.29, 0.717) is 29.1 Å². The second-order valence-corrected chi connectivity index (χ2v) is 10.6. The molecule has 0 radical (unpaired) electrons. The first-order valence-electron chi connectivity index (χ1n) is 12.2. The Hall–Kier alpha value is -3.10. The Morgan fingerprint density at radius 3 is 2.59 bits per heavy atom. The lowest BCUT2D eigenvalue weighted by molar-refractivity contribution is -0.137. The third-order valence-electron chi connectivity index (χ3n) is 6.83. The third kappa shape index (κ3) is 5.75. The van der Waals surface area contributed by atoms with Gasteiger partial charge in [-0.3, -0.25) is 9.88 Å². The van der Waals surface area contributed by atoms with Gasteiger partial charge in [0, 0.05) is 51.6 Å². The predicted octanol–water partition coefficient (Wildman–Crippen LogP) is 8.36. The van der Waals surface area contributed by atoms with Crippen LogP contribution in [-0.4, -0.2) is 28.1 Å². The average molecular weight is 570 g/mol. The molecule has 5 rings (SSSR count). The molecule has 4 nitrogen and oxygen atoms in total. The van der Waals surface area contributed by atoms with Gasteiger partial charge in [0.2, 0.25) is 0 Å². The Kier molecular flexibility index (Phi) is 7.14. The first-order chi connectivity index (χ1) is 17.7. The highest BCUT2D eigenvalue weighted by Gasteiger charge is 2.30. The van der Waals surface area contributed by atoms with Crippen LogP contribution in [0.1, 0.15) is 30.9 Å². The number of nitrogens with zero attached hydrogens (tertiary/aromatic N) is 2. The number of pyridine rings is 1. The van der Waals surface area contributed by atoms with E-state index in [4.69, 9.17) is 0 Å². The largest absolute Gasteiger partial charge is 0.507 e. The van der Waals surface area contributed by atoms with Gasteiger partial charge in [-0.2, -0.15) is 13.2 Å². The van der Waals surface area contributed by atoms with Gasteiger partial charge in [-0.1, -0.05) is 41.1 Å². The molecule has 0 spiro atoms. The molecule has 2 N–H and O–H groups in total. The summed E-state index contributed by atoms with van der Waals surface area (Å²) >= 11 is 3.46. The fourth-order valence-corrected chi connectivity index (χ4v) is 5.26. The molecule has 0 saturated carbocycles. The summed E-state index contributed by atoms with van der Waals surface area (Å²) < 4.78 is 40.6. The van der Waals surface area contributed by atoms with Crippen LogP contribution in [0.15, 0.2) is 71.3 Å². The van der Waals surface area contributed by atoms with Crippen LogP contribution >= 0.6 is 15.9 Å².